The van der Waals surface area contributed by atoms with E-state index in [0.717, 1.165) is 22.4 Å². The number of ether oxygens (including phenoxy) is 1. The van der Waals surface area contributed by atoms with Crippen molar-refractivity contribution in [2.24, 2.45) is 5.16 Å². The molecule has 0 saturated carbocycles. The van der Waals surface area contributed by atoms with Crippen molar-refractivity contribution in [3.05, 3.63) is 65.2 Å². The van der Waals surface area contributed by atoms with Crippen molar-refractivity contribution < 1.29 is 9.57 Å². The van der Waals surface area contributed by atoms with Crippen LogP contribution >= 0.6 is 0 Å². The van der Waals surface area contributed by atoms with Gasteiger partial charge in [-0.2, -0.15) is 5.26 Å². The lowest BCUT2D eigenvalue weighted by atomic mass is 10.1. The number of para-hydroxylation sites is 1. The highest BCUT2D eigenvalue weighted by Gasteiger charge is 2.04. The molecule has 0 unspecified atom stereocenters. The first-order chi connectivity index (χ1) is 10.2. The highest BCUT2D eigenvalue weighted by Crippen LogP contribution is 2.18. The Hall–Kier alpha value is -2.80. The third-order valence-corrected chi connectivity index (χ3v) is 3.00. The molecule has 4 heteroatoms. The average Bonchev–Trinajstić information content (AvgIpc) is 2.52. The van der Waals surface area contributed by atoms with Gasteiger partial charge in [0.2, 0.25) is 0 Å². The Morgan fingerprint density at radius 1 is 1.14 bits per heavy atom. The zero-order chi connectivity index (χ0) is 15.1. The minimum Gasteiger partial charge on any atom is -0.489 e. The van der Waals surface area contributed by atoms with Crippen LogP contribution < -0.4 is 4.74 Å². The zero-order valence-corrected chi connectivity index (χ0v) is 12.0. The van der Waals surface area contributed by atoms with Gasteiger partial charge >= 0.3 is 0 Å². The van der Waals surface area contributed by atoms with Crippen LogP contribution in [0.2, 0.25) is 0 Å². The number of benzene rings is 2. The minimum absolute atomic E-state index is 0.254. The summed E-state index contributed by atoms with van der Waals surface area (Å²) >= 11 is 0. The predicted molar refractivity (Wildman–Crippen MR) is 81.1 cm³/mol. The number of nitrogens with zero attached hydrogens (tertiary/aromatic N) is 2. The number of hydrogen-bond acceptors (Lipinski definition) is 4. The second kappa shape index (κ2) is 7.11. The molecule has 0 atom stereocenters. The lowest BCUT2D eigenvalue weighted by Gasteiger charge is -2.09. The predicted octanol–water partition coefficient (Wildman–Crippen LogP) is 3.45. The third kappa shape index (κ3) is 3.83. The van der Waals surface area contributed by atoms with E-state index in [9.17, 15) is 0 Å². The fourth-order valence-corrected chi connectivity index (χ4v) is 1.87. The third-order valence-electron chi connectivity index (χ3n) is 3.00. The Bertz CT molecular complexity index is 670. The van der Waals surface area contributed by atoms with Crippen LogP contribution in [-0.4, -0.2) is 12.8 Å². The number of rotatable bonds is 5. The van der Waals surface area contributed by atoms with E-state index >= 15 is 0 Å². The van der Waals surface area contributed by atoms with Gasteiger partial charge in [0.15, 0.2) is 5.71 Å². The van der Waals surface area contributed by atoms with Crippen LogP contribution in [0.4, 0.5) is 0 Å². The zero-order valence-electron chi connectivity index (χ0n) is 12.0. The smallest absolute Gasteiger partial charge is 0.186 e. The SMILES string of the molecule is CO/N=C(/C#N)c1ccc(COc2ccccc2C)cc1. The first-order valence-electron chi connectivity index (χ1n) is 6.53. The summed E-state index contributed by atoms with van der Waals surface area (Å²) in [5, 5.41) is 12.6. The molecule has 106 valence electrons. The van der Waals surface area contributed by atoms with E-state index in [1.807, 2.05) is 61.5 Å². The molecule has 0 aliphatic carbocycles. The average molecular weight is 280 g/mol. The monoisotopic (exact) mass is 280 g/mol. The number of hydrogen-bond donors (Lipinski definition) is 0. The fourth-order valence-electron chi connectivity index (χ4n) is 1.87. The van der Waals surface area contributed by atoms with Gasteiger partial charge in [0.25, 0.3) is 0 Å². The molecular weight excluding hydrogens is 264 g/mol. The molecule has 0 fully saturated rings. The van der Waals surface area contributed by atoms with Gasteiger partial charge in [0.05, 0.1) is 0 Å². The van der Waals surface area contributed by atoms with Crippen LogP contribution in [0, 0.1) is 18.3 Å². The molecule has 0 aromatic heterocycles. The Morgan fingerprint density at radius 2 is 1.86 bits per heavy atom. The maximum atomic E-state index is 8.98. The molecule has 0 aliphatic rings. The Morgan fingerprint density at radius 3 is 2.48 bits per heavy atom. The first-order valence-corrected chi connectivity index (χ1v) is 6.53. The topological polar surface area (TPSA) is 54.6 Å². The molecular formula is C17H16N2O2. The van der Waals surface area contributed by atoms with Crippen LogP contribution in [0.25, 0.3) is 0 Å². The standard InChI is InChI=1S/C17H16N2O2/c1-13-5-3-4-6-17(13)21-12-14-7-9-15(10-8-14)16(11-18)19-20-2/h3-10H,12H2,1-2H3/b19-16-. The molecule has 0 N–H and O–H groups in total. The summed E-state index contributed by atoms with van der Waals surface area (Å²) in [6, 6.07) is 17.4. The van der Waals surface area contributed by atoms with Crippen molar-refractivity contribution in [1.29, 1.82) is 5.26 Å². The van der Waals surface area contributed by atoms with Crippen LogP contribution in [0.5, 0.6) is 5.75 Å². The van der Waals surface area contributed by atoms with E-state index < -0.39 is 0 Å². The molecule has 0 aliphatic heterocycles. The lowest BCUT2D eigenvalue weighted by Crippen LogP contribution is -2.00. The van der Waals surface area contributed by atoms with Gasteiger partial charge in [-0.1, -0.05) is 47.6 Å². The summed E-state index contributed by atoms with van der Waals surface area (Å²) < 4.78 is 5.78. The second-order valence-electron chi connectivity index (χ2n) is 4.49. The molecule has 0 bridgehead atoms. The van der Waals surface area contributed by atoms with Gasteiger partial charge in [-0.3, -0.25) is 0 Å². The van der Waals surface area contributed by atoms with E-state index in [1.54, 1.807) is 0 Å². The van der Waals surface area contributed by atoms with E-state index in [-0.39, 0.29) is 5.71 Å². The van der Waals surface area contributed by atoms with E-state index in [4.69, 9.17) is 10.00 Å². The molecule has 2 aromatic rings. The van der Waals surface area contributed by atoms with Crippen LogP contribution in [0.3, 0.4) is 0 Å². The number of aryl methyl sites for hydroxylation is 1. The summed E-state index contributed by atoms with van der Waals surface area (Å²) in [7, 11) is 1.42. The molecule has 0 radical (unpaired) electrons. The maximum absolute atomic E-state index is 8.98. The minimum atomic E-state index is 0.254. The van der Waals surface area contributed by atoms with Gasteiger partial charge < -0.3 is 9.57 Å². The van der Waals surface area contributed by atoms with Gasteiger partial charge in [0.1, 0.15) is 25.5 Å². The number of nitriles is 1. The molecule has 2 aromatic carbocycles. The van der Waals surface area contributed by atoms with Crippen molar-refractivity contribution >= 4 is 5.71 Å². The molecule has 0 heterocycles. The van der Waals surface area contributed by atoms with Crippen LogP contribution in [0.15, 0.2) is 53.7 Å². The Kier molecular flexibility index (Phi) is 4.94. The van der Waals surface area contributed by atoms with Crippen molar-refractivity contribution in [1.82, 2.24) is 0 Å². The summed E-state index contributed by atoms with van der Waals surface area (Å²) in [5.74, 6) is 0.875. The summed E-state index contributed by atoms with van der Waals surface area (Å²) in [6.45, 7) is 2.49. The normalized spacial score (nSPS) is 10.8. The van der Waals surface area contributed by atoms with Gasteiger partial charge in [0, 0.05) is 5.56 Å². The second-order valence-corrected chi connectivity index (χ2v) is 4.49. The van der Waals surface area contributed by atoms with E-state index in [2.05, 4.69) is 9.99 Å². The molecule has 2 rings (SSSR count). The molecule has 4 nitrogen and oxygen atoms in total. The van der Waals surface area contributed by atoms with Crippen LogP contribution in [-0.2, 0) is 11.4 Å². The summed E-state index contributed by atoms with van der Waals surface area (Å²) in [5.41, 5.74) is 3.10. The van der Waals surface area contributed by atoms with Crippen LogP contribution in [0.1, 0.15) is 16.7 Å². The maximum Gasteiger partial charge on any atom is 0.186 e. The Labute approximate surface area is 124 Å². The van der Waals surface area contributed by atoms with Gasteiger partial charge in [-0.05, 0) is 24.1 Å². The summed E-state index contributed by atoms with van der Waals surface area (Å²) in [6.07, 6.45) is 0. The van der Waals surface area contributed by atoms with Crippen molar-refractivity contribution in [3.8, 4) is 11.8 Å². The molecule has 21 heavy (non-hydrogen) atoms. The van der Waals surface area contributed by atoms with Crippen molar-refractivity contribution in [3.63, 3.8) is 0 Å². The van der Waals surface area contributed by atoms with E-state index in [1.165, 1.54) is 7.11 Å². The van der Waals surface area contributed by atoms with E-state index in [0.29, 0.717) is 6.61 Å². The molecule has 0 amide bonds. The molecule has 0 saturated heterocycles. The van der Waals surface area contributed by atoms with Gasteiger partial charge in [-0.25, -0.2) is 0 Å². The highest BCUT2D eigenvalue weighted by molar-refractivity contribution is 6.11. The quantitative estimate of drug-likeness (QED) is 0.622. The summed E-state index contributed by atoms with van der Waals surface area (Å²) in [4.78, 5) is 4.64. The largest absolute Gasteiger partial charge is 0.489 e. The molecule has 0 spiro atoms. The van der Waals surface area contributed by atoms with Crippen molar-refractivity contribution in [2.75, 3.05) is 7.11 Å². The lowest BCUT2D eigenvalue weighted by molar-refractivity contribution is 0.214. The fraction of sp³-hybridized carbons (Fsp3) is 0.176. The van der Waals surface area contributed by atoms with Gasteiger partial charge in [-0.15, -0.1) is 0 Å². The van der Waals surface area contributed by atoms with Crippen molar-refractivity contribution in [2.45, 2.75) is 13.5 Å². The Balaban J connectivity index is 2.05. The first kappa shape index (κ1) is 14.6. The highest BCUT2D eigenvalue weighted by atomic mass is 16.6. The number of oxime groups is 1.